The summed E-state index contributed by atoms with van der Waals surface area (Å²) in [7, 11) is 0. The molecule has 0 amide bonds. The third-order valence-electron chi connectivity index (χ3n) is 3.64. The SMILES string of the molecule is CCCCC(=O)OC1(O)CCCCC1CCC. The Labute approximate surface area is 105 Å². The van der Waals surface area contributed by atoms with Crippen molar-refractivity contribution >= 4 is 5.97 Å². The fourth-order valence-corrected chi connectivity index (χ4v) is 2.62. The standard InChI is InChI=1S/C14H26O3/c1-3-5-10-13(15)17-14(16)11-7-6-9-12(14)8-4-2/h12,16H,3-11H2,1-2H3. The maximum atomic E-state index is 11.6. The van der Waals surface area contributed by atoms with Crippen molar-refractivity contribution in [3.8, 4) is 0 Å². The lowest BCUT2D eigenvalue weighted by atomic mass is 9.80. The molecule has 0 aromatic rings. The van der Waals surface area contributed by atoms with E-state index in [1.165, 1.54) is 0 Å². The van der Waals surface area contributed by atoms with Crippen LogP contribution in [0, 0.1) is 5.92 Å². The molecule has 1 N–H and O–H groups in total. The highest BCUT2D eigenvalue weighted by Crippen LogP contribution is 2.37. The van der Waals surface area contributed by atoms with E-state index in [0.717, 1.165) is 44.9 Å². The number of carbonyl (C=O) groups is 1. The minimum absolute atomic E-state index is 0.131. The Morgan fingerprint density at radius 1 is 1.35 bits per heavy atom. The summed E-state index contributed by atoms with van der Waals surface area (Å²) < 4.78 is 5.36. The first-order valence-electron chi connectivity index (χ1n) is 7.06. The van der Waals surface area contributed by atoms with E-state index in [1.807, 2.05) is 6.92 Å². The van der Waals surface area contributed by atoms with Gasteiger partial charge >= 0.3 is 5.97 Å². The van der Waals surface area contributed by atoms with Crippen LogP contribution in [-0.4, -0.2) is 16.9 Å². The van der Waals surface area contributed by atoms with Crippen LogP contribution in [0.1, 0.15) is 71.6 Å². The molecule has 1 saturated carbocycles. The van der Waals surface area contributed by atoms with E-state index in [0.29, 0.717) is 12.8 Å². The number of ether oxygens (including phenoxy) is 1. The van der Waals surface area contributed by atoms with Crippen LogP contribution in [0.2, 0.25) is 0 Å². The van der Waals surface area contributed by atoms with E-state index in [9.17, 15) is 9.90 Å². The summed E-state index contributed by atoms with van der Waals surface area (Å²) in [5.74, 6) is -1.29. The minimum Gasteiger partial charge on any atom is -0.433 e. The summed E-state index contributed by atoms with van der Waals surface area (Å²) in [5, 5.41) is 10.5. The largest absolute Gasteiger partial charge is 0.433 e. The molecular weight excluding hydrogens is 216 g/mol. The molecule has 3 heteroatoms. The molecule has 0 aliphatic heterocycles. The smallest absolute Gasteiger partial charge is 0.308 e. The van der Waals surface area contributed by atoms with Crippen LogP contribution in [-0.2, 0) is 9.53 Å². The maximum Gasteiger partial charge on any atom is 0.308 e. The molecule has 0 saturated heterocycles. The first-order valence-corrected chi connectivity index (χ1v) is 7.06. The second-order valence-electron chi connectivity index (χ2n) is 5.15. The lowest BCUT2D eigenvalue weighted by Crippen LogP contribution is -2.44. The molecule has 1 aliphatic rings. The second-order valence-corrected chi connectivity index (χ2v) is 5.15. The van der Waals surface area contributed by atoms with Gasteiger partial charge in [0.05, 0.1) is 0 Å². The van der Waals surface area contributed by atoms with E-state index in [-0.39, 0.29) is 11.9 Å². The van der Waals surface area contributed by atoms with Gasteiger partial charge in [0.15, 0.2) is 0 Å². The van der Waals surface area contributed by atoms with Crippen LogP contribution >= 0.6 is 0 Å². The number of hydrogen-bond acceptors (Lipinski definition) is 3. The molecule has 1 aliphatic carbocycles. The molecule has 2 unspecified atom stereocenters. The zero-order valence-corrected chi connectivity index (χ0v) is 11.2. The number of carbonyl (C=O) groups excluding carboxylic acids is 1. The average Bonchev–Trinajstić information content (AvgIpc) is 2.30. The highest BCUT2D eigenvalue weighted by Gasteiger charge is 2.41. The predicted molar refractivity (Wildman–Crippen MR) is 67.4 cm³/mol. The summed E-state index contributed by atoms with van der Waals surface area (Å²) in [6, 6.07) is 0. The van der Waals surface area contributed by atoms with Crippen molar-refractivity contribution in [2.75, 3.05) is 0 Å². The summed E-state index contributed by atoms with van der Waals surface area (Å²) in [6.07, 6.45) is 7.90. The highest BCUT2D eigenvalue weighted by molar-refractivity contribution is 5.69. The Morgan fingerprint density at radius 3 is 2.76 bits per heavy atom. The van der Waals surface area contributed by atoms with E-state index in [4.69, 9.17) is 4.74 Å². The van der Waals surface area contributed by atoms with Gasteiger partial charge in [-0.1, -0.05) is 33.1 Å². The van der Waals surface area contributed by atoms with Gasteiger partial charge in [0, 0.05) is 18.8 Å². The predicted octanol–water partition coefficient (Wildman–Crippen LogP) is 3.40. The van der Waals surface area contributed by atoms with Crippen LogP contribution in [0.25, 0.3) is 0 Å². The van der Waals surface area contributed by atoms with Crippen molar-refractivity contribution in [2.45, 2.75) is 77.4 Å². The van der Waals surface area contributed by atoms with Gasteiger partial charge in [-0.2, -0.15) is 0 Å². The van der Waals surface area contributed by atoms with Crippen molar-refractivity contribution in [3.05, 3.63) is 0 Å². The quantitative estimate of drug-likeness (QED) is 0.573. The molecular formula is C14H26O3. The van der Waals surface area contributed by atoms with Crippen LogP contribution in [0.15, 0.2) is 0 Å². The van der Waals surface area contributed by atoms with Gasteiger partial charge in [-0.3, -0.25) is 4.79 Å². The van der Waals surface area contributed by atoms with Crippen LogP contribution in [0.5, 0.6) is 0 Å². The summed E-state index contributed by atoms with van der Waals surface area (Å²) in [4.78, 5) is 11.6. The van der Waals surface area contributed by atoms with E-state index in [2.05, 4.69) is 6.92 Å². The van der Waals surface area contributed by atoms with Gasteiger partial charge in [-0.25, -0.2) is 0 Å². The topological polar surface area (TPSA) is 46.5 Å². The zero-order valence-electron chi connectivity index (χ0n) is 11.2. The Kier molecular flexibility index (Phi) is 5.96. The van der Waals surface area contributed by atoms with Crippen molar-refractivity contribution < 1.29 is 14.6 Å². The molecule has 1 rings (SSSR count). The molecule has 0 aromatic carbocycles. The number of aliphatic hydroxyl groups is 1. The van der Waals surface area contributed by atoms with Crippen LogP contribution < -0.4 is 0 Å². The van der Waals surface area contributed by atoms with Gasteiger partial charge in [0.25, 0.3) is 0 Å². The van der Waals surface area contributed by atoms with E-state index < -0.39 is 5.79 Å². The Hall–Kier alpha value is -0.570. The first-order chi connectivity index (χ1) is 8.12. The molecule has 17 heavy (non-hydrogen) atoms. The normalized spacial score (nSPS) is 29.0. The molecule has 100 valence electrons. The fraction of sp³-hybridized carbons (Fsp3) is 0.929. The third kappa shape index (κ3) is 4.30. The van der Waals surface area contributed by atoms with Crippen molar-refractivity contribution in [1.29, 1.82) is 0 Å². The Bertz CT molecular complexity index is 238. The Balaban J connectivity index is 2.52. The fourth-order valence-electron chi connectivity index (χ4n) is 2.62. The van der Waals surface area contributed by atoms with Gasteiger partial charge in [0.1, 0.15) is 0 Å². The summed E-state index contributed by atoms with van der Waals surface area (Å²) in [6.45, 7) is 4.15. The van der Waals surface area contributed by atoms with Gasteiger partial charge < -0.3 is 9.84 Å². The number of hydrogen-bond donors (Lipinski definition) is 1. The maximum absolute atomic E-state index is 11.6. The summed E-state index contributed by atoms with van der Waals surface area (Å²) >= 11 is 0. The zero-order chi connectivity index (χ0) is 12.7. The van der Waals surface area contributed by atoms with E-state index in [1.54, 1.807) is 0 Å². The molecule has 0 spiro atoms. The molecule has 1 fully saturated rings. The monoisotopic (exact) mass is 242 g/mol. The molecule has 3 nitrogen and oxygen atoms in total. The Morgan fingerprint density at radius 2 is 2.12 bits per heavy atom. The minimum atomic E-state index is -1.18. The van der Waals surface area contributed by atoms with E-state index >= 15 is 0 Å². The molecule has 0 heterocycles. The van der Waals surface area contributed by atoms with Crippen LogP contribution in [0.4, 0.5) is 0 Å². The molecule has 0 radical (unpaired) electrons. The van der Waals surface area contributed by atoms with Crippen LogP contribution in [0.3, 0.4) is 0 Å². The first kappa shape index (κ1) is 14.5. The lowest BCUT2D eigenvalue weighted by molar-refractivity contribution is -0.244. The van der Waals surface area contributed by atoms with Gasteiger partial charge in [-0.15, -0.1) is 0 Å². The van der Waals surface area contributed by atoms with Crippen molar-refractivity contribution in [3.63, 3.8) is 0 Å². The van der Waals surface area contributed by atoms with Crippen molar-refractivity contribution in [2.24, 2.45) is 5.92 Å². The molecule has 2 atom stereocenters. The number of unbranched alkanes of at least 4 members (excludes halogenated alkanes) is 1. The lowest BCUT2D eigenvalue weighted by Gasteiger charge is -2.39. The number of rotatable bonds is 6. The van der Waals surface area contributed by atoms with Crippen molar-refractivity contribution in [1.82, 2.24) is 0 Å². The second kappa shape index (κ2) is 7.00. The summed E-state index contributed by atoms with van der Waals surface area (Å²) in [5.41, 5.74) is 0. The average molecular weight is 242 g/mol. The molecule has 0 aromatic heterocycles. The highest BCUT2D eigenvalue weighted by atomic mass is 16.7. The van der Waals surface area contributed by atoms with Gasteiger partial charge in [0.2, 0.25) is 5.79 Å². The molecule has 0 bridgehead atoms. The number of esters is 1. The third-order valence-corrected chi connectivity index (χ3v) is 3.64. The van der Waals surface area contributed by atoms with Gasteiger partial charge in [-0.05, 0) is 25.7 Å².